The fraction of sp³-hybridized carbons (Fsp3) is 0.600. The lowest BCUT2D eigenvalue weighted by Crippen LogP contribution is -2.50. The third kappa shape index (κ3) is 1.76. The summed E-state index contributed by atoms with van der Waals surface area (Å²) in [5, 5.41) is 30.8. The third-order valence-corrected chi connectivity index (χ3v) is 7.25. The Labute approximate surface area is 137 Å². The van der Waals surface area contributed by atoms with Gasteiger partial charge in [-0.25, -0.2) is 0 Å². The predicted molar refractivity (Wildman–Crippen MR) is 88.2 cm³/mol. The smallest absolute Gasteiger partial charge is 0.160 e. The van der Waals surface area contributed by atoms with Crippen molar-refractivity contribution in [3.05, 3.63) is 23.3 Å². The Balaban J connectivity index is 1.74. The van der Waals surface area contributed by atoms with E-state index in [4.69, 9.17) is 6.42 Å². The monoisotopic (exact) mass is 312 g/mol. The van der Waals surface area contributed by atoms with E-state index in [0.717, 1.165) is 37.7 Å². The molecule has 0 aromatic heterocycles. The molecule has 3 aliphatic carbocycles. The van der Waals surface area contributed by atoms with Gasteiger partial charge in [-0.05, 0) is 67.9 Å². The van der Waals surface area contributed by atoms with E-state index in [1.807, 2.05) is 6.07 Å². The molecule has 1 aromatic carbocycles. The summed E-state index contributed by atoms with van der Waals surface area (Å²) in [6.07, 6.45) is 11.0. The molecule has 23 heavy (non-hydrogen) atoms. The highest BCUT2D eigenvalue weighted by atomic mass is 16.3. The van der Waals surface area contributed by atoms with Crippen LogP contribution in [0.2, 0.25) is 0 Å². The van der Waals surface area contributed by atoms with Gasteiger partial charge in [-0.15, -0.1) is 6.42 Å². The molecule has 122 valence electrons. The average Bonchev–Trinajstić information content (AvgIpc) is 2.83. The standard InChI is InChI=1S/C20H24O3/c1-3-20(23)11-9-16-14-4-5-15-12(6-7-17(21)18(15)22)13(14)8-10-19(16,20)2/h1,6-7,13-14,16,21-23H,4-5,8-11H2,2H3/t13-,14-,16+,19+,20?/m1/s1. The van der Waals surface area contributed by atoms with E-state index in [9.17, 15) is 15.3 Å². The zero-order chi connectivity index (χ0) is 16.4. The van der Waals surface area contributed by atoms with Crippen molar-refractivity contribution in [2.45, 2.75) is 57.0 Å². The van der Waals surface area contributed by atoms with Crippen molar-refractivity contribution < 1.29 is 15.3 Å². The summed E-state index contributed by atoms with van der Waals surface area (Å²) in [6.45, 7) is 2.17. The number of hydrogen-bond acceptors (Lipinski definition) is 3. The van der Waals surface area contributed by atoms with Crippen LogP contribution in [-0.4, -0.2) is 20.9 Å². The second kappa shape index (κ2) is 4.68. The maximum absolute atomic E-state index is 10.9. The van der Waals surface area contributed by atoms with Gasteiger partial charge >= 0.3 is 0 Å². The van der Waals surface area contributed by atoms with Crippen molar-refractivity contribution in [2.24, 2.45) is 17.3 Å². The highest BCUT2D eigenvalue weighted by molar-refractivity contribution is 5.51. The normalized spacial score (nSPS) is 41.5. The molecule has 0 bridgehead atoms. The first-order chi connectivity index (χ1) is 10.9. The lowest BCUT2D eigenvalue weighted by molar-refractivity contribution is -0.0647. The van der Waals surface area contributed by atoms with Gasteiger partial charge in [0.15, 0.2) is 11.5 Å². The van der Waals surface area contributed by atoms with Crippen molar-refractivity contribution in [1.82, 2.24) is 0 Å². The van der Waals surface area contributed by atoms with Gasteiger partial charge in [0, 0.05) is 11.0 Å². The Kier molecular flexibility index (Phi) is 3.03. The maximum atomic E-state index is 10.9. The van der Waals surface area contributed by atoms with Crippen LogP contribution in [-0.2, 0) is 6.42 Å². The Morgan fingerprint density at radius 2 is 1.96 bits per heavy atom. The van der Waals surface area contributed by atoms with Gasteiger partial charge in [-0.3, -0.25) is 0 Å². The van der Waals surface area contributed by atoms with Crippen molar-refractivity contribution in [1.29, 1.82) is 0 Å². The Morgan fingerprint density at radius 1 is 1.17 bits per heavy atom. The van der Waals surface area contributed by atoms with Gasteiger partial charge in [-0.1, -0.05) is 18.9 Å². The molecule has 3 N–H and O–H groups in total. The number of phenolic OH excluding ortho intramolecular Hbond substituents is 2. The van der Waals surface area contributed by atoms with E-state index in [1.165, 1.54) is 5.56 Å². The summed E-state index contributed by atoms with van der Waals surface area (Å²) in [7, 11) is 0. The van der Waals surface area contributed by atoms with Gasteiger partial charge in [-0.2, -0.15) is 0 Å². The minimum Gasteiger partial charge on any atom is -0.504 e. The van der Waals surface area contributed by atoms with Gasteiger partial charge < -0.3 is 15.3 Å². The molecule has 0 aliphatic heterocycles. The SMILES string of the molecule is C#CC1(O)CC[C@H]2[C@@H]3CCc4c(ccc(O)c4O)[C@H]3CC[C@@]21C. The second-order valence-electron chi connectivity index (χ2n) is 7.92. The molecule has 1 aromatic rings. The molecule has 2 saturated carbocycles. The van der Waals surface area contributed by atoms with Crippen LogP contribution >= 0.6 is 0 Å². The number of aliphatic hydroxyl groups is 1. The second-order valence-corrected chi connectivity index (χ2v) is 7.92. The fourth-order valence-corrected chi connectivity index (χ4v) is 5.89. The van der Waals surface area contributed by atoms with E-state index in [-0.39, 0.29) is 16.9 Å². The summed E-state index contributed by atoms with van der Waals surface area (Å²) < 4.78 is 0. The number of phenols is 2. The molecule has 5 atom stereocenters. The number of terminal acetylenes is 1. The fourth-order valence-electron chi connectivity index (χ4n) is 5.89. The molecule has 3 aliphatic rings. The van der Waals surface area contributed by atoms with E-state index in [2.05, 4.69) is 12.8 Å². The molecular formula is C20H24O3. The van der Waals surface area contributed by atoms with Crippen molar-refractivity contribution >= 4 is 0 Å². The largest absolute Gasteiger partial charge is 0.504 e. The molecule has 4 rings (SSSR count). The lowest BCUT2D eigenvalue weighted by Gasteiger charge is -2.52. The molecule has 3 heteroatoms. The summed E-state index contributed by atoms with van der Waals surface area (Å²) in [4.78, 5) is 0. The van der Waals surface area contributed by atoms with E-state index in [0.29, 0.717) is 24.2 Å². The number of fused-ring (bicyclic) bond motifs is 5. The Hall–Kier alpha value is -1.66. The highest BCUT2D eigenvalue weighted by Crippen LogP contribution is 2.64. The molecule has 0 spiro atoms. The van der Waals surface area contributed by atoms with Crippen molar-refractivity contribution in [2.75, 3.05) is 0 Å². The molecule has 0 heterocycles. The topological polar surface area (TPSA) is 60.7 Å². The van der Waals surface area contributed by atoms with Crippen LogP contribution in [0.5, 0.6) is 11.5 Å². The highest BCUT2D eigenvalue weighted by Gasteiger charge is 2.61. The number of rotatable bonds is 0. The average molecular weight is 312 g/mol. The summed E-state index contributed by atoms with van der Waals surface area (Å²) >= 11 is 0. The number of hydrogen-bond donors (Lipinski definition) is 3. The van der Waals surface area contributed by atoms with Crippen LogP contribution < -0.4 is 0 Å². The molecule has 2 fully saturated rings. The first-order valence-electron chi connectivity index (χ1n) is 8.65. The maximum Gasteiger partial charge on any atom is 0.160 e. The number of benzene rings is 1. The Morgan fingerprint density at radius 3 is 2.70 bits per heavy atom. The molecule has 3 nitrogen and oxygen atoms in total. The van der Waals surface area contributed by atoms with Crippen LogP contribution in [0, 0.1) is 29.6 Å². The molecule has 0 radical (unpaired) electrons. The van der Waals surface area contributed by atoms with Gasteiger partial charge in [0.1, 0.15) is 5.60 Å². The molecule has 0 amide bonds. The van der Waals surface area contributed by atoms with Gasteiger partial charge in [0.25, 0.3) is 0 Å². The summed E-state index contributed by atoms with van der Waals surface area (Å²) in [5.74, 6) is 4.08. The number of aromatic hydroxyl groups is 2. The minimum absolute atomic E-state index is 0.0228. The van der Waals surface area contributed by atoms with Crippen LogP contribution in [0.25, 0.3) is 0 Å². The first kappa shape index (κ1) is 14.9. The minimum atomic E-state index is -0.972. The molecule has 0 saturated heterocycles. The van der Waals surface area contributed by atoms with Crippen molar-refractivity contribution in [3.63, 3.8) is 0 Å². The van der Waals surface area contributed by atoms with Gasteiger partial charge in [0.05, 0.1) is 0 Å². The van der Waals surface area contributed by atoms with E-state index in [1.54, 1.807) is 6.07 Å². The third-order valence-electron chi connectivity index (χ3n) is 7.25. The molecule has 1 unspecified atom stereocenters. The summed E-state index contributed by atoms with van der Waals surface area (Å²) in [5.41, 5.74) is 0.939. The summed E-state index contributed by atoms with van der Waals surface area (Å²) in [6, 6.07) is 3.59. The molecular weight excluding hydrogens is 288 g/mol. The van der Waals surface area contributed by atoms with E-state index >= 15 is 0 Å². The van der Waals surface area contributed by atoms with Crippen LogP contribution in [0.4, 0.5) is 0 Å². The van der Waals surface area contributed by atoms with E-state index < -0.39 is 5.60 Å². The lowest BCUT2D eigenvalue weighted by atomic mass is 9.53. The Bertz CT molecular complexity index is 704. The van der Waals surface area contributed by atoms with Crippen molar-refractivity contribution in [3.8, 4) is 23.8 Å². The van der Waals surface area contributed by atoms with Gasteiger partial charge in [0.2, 0.25) is 0 Å². The quantitative estimate of drug-likeness (QED) is 0.509. The zero-order valence-electron chi connectivity index (χ0n) is 13.5. The first-order valence-corrected chi connectivity index (χ1v) is 8.65. The zero-order valence-corrected chi connectivity index (χ0v) is 13.5. The van der Waals surface area contributed by atoms with Crippen LogP contribution in [0.1, 0.15) is 56.1 Å². The predicted octanol–water partition coefficient (Wildman–Crippen LogP) is 3.32. The van der Waals surface area contributed by atoms with Crippen LogP contribution in [0.3, 0.4) is 0 Å². The van der Waals surface area contributed by atoms with Crippen LogP contribution in [0.15, 0.2) is 12.1 Å².